The summed E-state index contributed by atoms with van der Waals surface area (Å²) in [6, 6.07) is 14.9. The molecular weight excluding hydrogens is 384 g/mol. The van der Waals surface area contributed by atoms with Crippen LogP contribution in [0.2, 0.25) is 0 Å². The molecule has 1 heterocycles. The van der Waals surface area contributed by atoms with E-state index in [0.29, 0.717) is 17.2 Å². The Morgan fingerprint density at radius 2 is 1.67 bits per heavy atom. The molecule has 2 aromatic carbocycles. The maximum atomic E-state index is 12.0. The zero-order valence-corrected chi connectivity index (χ0v) is 17.3. The van der Waals surface area contributed by atoms with Gasteiger partial charge in [0.25, 0.3) is 5.91 Å². The lowest BCUT2D eigenvalue weighted by atomic mass is 10.1. The molecule has 1 aliphatic heterocycles. The quantitative estimate of drug-likeness (QED) is 0.634. The van der Waals surface area contributed by atoms with Gasteiger partial charge in [0.15, 0.2) is 18.1 Å². The van der Waals surface area contributed by atoms with Crippen molar-refractivity contribution in [2.45, 2.75) is 25.7 Å². The molecule has 7 nitrogen and oxygen atoms in total. The van der Waals surface area contributed by atoms with Crippen LogP contribution in [-0.2, 0) is 14.3 Å². The summed E-state index contributed by atoms with van der Waals surface area (Å²) in [4.78, 5) is 26.2. The van der Waals surface area contributed by atoms with Gasteiger partial charge in [-0.1, -0.05) is 12.1 Å². The standard InChI is InChI=1S/C23H28N2O5/c1-28-20-7-3-4-8-21(20)29-16-13-23(27)30-17-22(26)24-18-9-11-19(12-10-18)25-14-5-2-6-15-25/h3-4,7-12H,2,5-6,13-17H2,1H3,(H,24,26). The van der Waals surface area contributed by atoms with Crippen LogP contribution in [-0.4, -0.2) is 45.3 Å². The lowest BCUT2D eigenvalue weighted by Gasteiger charge is -2.28. The topological polar surface area (TPSA) is 77.1 Å². The first-order chi connectivity index (χ1) is 14.7. The van der Waals surface area contributed by atoms with Gasteiger partial charge in [-0.25, -0.2) is 0 Å². The maximum absolute atomic E-state index is 12.0. The predicted molar refractivity (Wildman–Crippen MR) is 115 cm³/mol. The van der Waals surface area contributed by atoms with Crippen molar-refractivity contribution in [1.29, 1.82) is 0 Å². The molecule has 1 fully saturated rings. The van der Waals surface area contributed by atoms with Crippen LogP contribution in [0.1, 0.15) is 25.7 Å². The molecule has 2 aromatic rings. The number of nitrogens with one attached hydrogen (secondary N) is 1. The van der Waals surface area contributed by atoms with E-state index in [0.717, 1.165) is 18.8 Å². The Labute approximate surface area is 176 Å². The van der Waals surface area contributed by atoms with Crippen LogP contribution in [0.3, 0.4) is 0 Å². The Kier molecular flexibility index (Phi) is 7.94. The van der Waals surface area contributed by atoms with Crippen molar-refractivity contribution in [2.24, 2.45) is 0 Å². The third kappa shape index (κ3) is 6.40. The van der Waals surface area contributed by atoms with E-state index < -0.39 is 5.97 Å². The Morgan fingerprint density at radius 3 is 2.37 bits per heavy atom. The van der Waals surface area contributed by atoms with Crippen LogP contribution in [0, 0.1) is 0 Å². The number of carbonyl (C=O) groups is 2. The smallest absolute Gasteiger partial charge is 0.309 e. The second-order valence-electron chi connectivity index (χ2n) is 7.05. The predicted octanol–water partition coefficient (Wildman–Crippen LogP) is 3.64. The lowest BCUT2D eigenvalue weighted by Crippen LogP contribution is -2.29. The molecule has 7 heteroatoms. The second kappa shape index (κ2) is 11.1. The molecule has 0 aromatic heterocycles. The molecule has 0 saturated carbocycles. The van der Waals surface area contributed by atoms with Gasteiger partial charge in [0.2, 0.25) is 0 Å². The van der Waals surface area contributed by atoms with Crippen LogP contribution in [0.5, 0.6) is 11.5 Å². The summed E-state index contributed by atoms with van der Waals surface area (Å²) in [6.45, 7) is 1.95. The molecular formula is C23H28N2O5. The van der Waals surface area contributed by atoms with E-state index in [2.05, 4.69) is 10.2 Å². The van der Waals surface area contributed by atoms with E-state index in [1.54, 1.807) is 19.2 Å². The molecule has 3 rings (SSSR count). The van der Waals surface area contributed by atoms with Gasteiger partial charge in [0, 0.05) is 24.5 Å². The lowest BCUT2D eigenvalue weighted by molar-refractivity contribution is -0.147. The molecule has 0 radical (unpaired) electrons. The van der Waals surface area contributed by atoms with Crippen molar-refractivity contribution in [3.8, 4) is 11.5 Å². The number of nitrogens with zero attached hydrogens (tertiary/aromatic N) is 1. The van der Waals surface area contributed by atoms with Gasteiger partial charge in [-0.3, -0.25) is 9.59 Å². The van der Waals surface area contributed by atoms with Crippen LogP contribution in [0.25, 0.3) is 0 Å². The Morgan fingerprint density at radius 1 is 0.967 bits per heavy atom. The van der Waals surface area contributed by atoms with Gasteiger partial charge in [-0.2, -0.15) is 0 Å². The highest BCUT2D eigenvalue weighted by Crippen LogP contribution is 2.25. The fourth-order valence-electron chi connectivity index (χ4n) is 3.31. The molecule has 30 heavy (non-hydrogen) atoms. The summed E-state index contributed by atoms with van der Waals surface area (Å²) >= 11 is 0. The number of benzene rings is 2. The first-order valence-corrected chi connectivity index (χ1v) is 10.2. The molecule has 0 unspecified atom stereocenters. The molecule has 1 saturated heterocycles. The normalized spacial score (nSPS) is 13.4. The number of hydrogen-bond donors (Lipinski definition) is 1. The van der Waals surface area contributed by atoms with Crippen LogP contribution >= 0.6 is 0 Å². The summed E-state index contributed by atoms with van der Waals surface area (Å²) in [6.07, 6.45) is 3.76. The third-order valence-corrected chi connectivity index (χ3v) is 4.87. The number of amides is 1. The minimum Gasteiger partial charge on any atom is -0.493 e. The Hall–Kier alpha value is -3.22. The highest BCUT2D eigenvalue weighted by Gasteiger charge is 2.12. The van der Waals surface area contributed by atoms with E-state index in [4.69, 9.17) is 14.2 Å². The SMILES string of the molecule is COc1ccccc1OCCC(=O)OCC(=O)Nc1ccc(N2CCCCC2)cc1. The van der Waals surface area contributed by atoms with Crippen LogP contribution in [0.4, 0.5) is 11.4 Å². The van der Waals surface area contributed by atoms with Crippen molar-refractivity contribution in [2.75, 3.05) is 43.6 Å². The number of rotatable bonds is 9. The molecule has 1 aliphatic rings. The molecule has 0 aliphatic carbocycles. The van der Waals surface area contributed by atoms with Crippen LogP contribution < -0.4 is 19.7 Å². The van der Waals surface area contributed by atoms with Gasteiger partial charge in [-0.15, -0.1) is 0 Å². The molecule has 160 valence electrons. The molecule has 0 spiro atoms. The molecule has 1 N–H and O–H groups in total. The van der Waals surface area contributed by atoms with Gasteiger partial charge in [-0.05, 0) is 55.7 Å². The molecule has 0 atom stereocenters. The minimum absolute atomic E-state index is 0.0376. The summed E-state index contributed by atoms with van der Waals surface area (Å²) in [7, 11) is 1.55. The zero-order chi connectivity index (χ0) is 21.2. The number of methoxy groups -OCH3 is 1. The van der Waals surface area contributed by atoms with Crippen molar-refractivity contribution in [3.63, 3.8) is 0 Å². The van der Waals surface area contributed by atoms with Gasteiger partial charge in [0.1, 0.15) is 0 Å². The molecule has 1 amide bonds. The van der Waals surface area contributed by atoms with Gasteiger partial charge < -0.3 is 24.4 Å². The summed E-state index contributed by atoms with van der Waals surface area (Å²) in [5.41, 5.74) is 1.84. The van der Waals surface area contributed by atoms with Crippen molar-refractivity contribution in [1.82, 2.24) is 0 Å². The number of ether oxygens (including phenoxy) is 3. The van der Waals surface area contributed by atoms with E-state index in [9.17, 15) is 9.59 Å². The van der Waals surface area contributed by atoms with E-state index in [1.165, 1.54) is 19.3 Å². The van der Waals surface area contributed by atoms with Gasteiger partial charge >= 0.3 is 5.97 Å². The first kappa shape index (κ1) is 21.5. The highest BCUT2D eigenvalue weighted by atomic mass is 16.5. The number of piperidine rings is 1. The summed E-state index contributed by atoms with van der Waals surface area (Å²) in [5.74, 6) is 0.273. The number of carbonyl (C=O) groups excluding carboxylic acids is 2. The monoisotopic (exact) mass is 412 g/mol. The number of hydrogen-bond acceptors (Lipinski definition) is 6. The minimum atomic E-state index is -0.500. The van der Waals surface area contributed by atoms with Crippen LogP contribution in [0.15, 0.2) is 48.5 Å². The number of para-hydroxylation sites is 2. The Balaban J connectivity index is 1.36. The zero-order valence-electron chi connectivity index (χ0n) is 17.3. The highest BCUT2D eigenvalue weighted by molar-refractivity contribution is 5.92. The third-order valence-electron chi connectivity index (χ3n) is 4.87. The van der Waals surface area contributed by atoms with Crippen molar-refractivity contribution >= 4 is 23.3 Å². The van der Waals surface area contributed by atoms with Crippen molar-refractivity contribution in [3.05, 3.63) is 48.5 Å². The number of anilines is 2. The average Bonchev–Trinajstić information content (AvgIpc) is 2.79. The van der Waals surface area contributed by atoms with Crippen molar-refractivity contribution < 1.29 is 23.8 Å². The average molecular weight is 412 g/mol. The van der Waals surface area contributed by atoms with E-state index >= 15 is 0 Å². The van der Waals surface area contributed by atoms with E-state index in [-0.39, 0.29) is 25.5 Å². The fraction of sp³-hybridized carbons (Fsp3) is 0.391. The van der Waals surface area contributed by atoms with E-state index in [1.807, 2.05) is 36.4 Å². The molecule has 0 bridgehead atoms. The summed E-state index contributed by atoms with van der Waals surface area (Å²) in [5, 5.41) is 2.74. The maximum Gasteiger partial charge on any atom is 0.309 e. The first-order valence-electron chi connectivity index (χ1n) is 10.2. The Bertz CT molecular complexity index is 832. The fourth-order valence-corrected chi connectivity index (χ4v) is 3.31. The van der Waals surface area contributed by atoms with Gasteiger partial charge in [0.05, 0.1) is 20.1 Å². The number of esters is 1. The summed E-state index contributed by atoms with van der Waals surface area (Å²) < 4.78 is 15.7. The second-order valence-corrected chi connectivity index (χ2v) is 7.05. The largest absolute Gasteiger partial charge is 0.493 e.